The number of carbonyl (C=O) groups excluding carboxylic acids is 3. The molecule has 1 spiro atoms. The van der Waals surface area contributed by atoms with Crippen LogP contribution in [-0.4, -0.2) is 69.5 Å². The maximum absolute atomic E-state index is 14.1. The second kappa shape index (κ2) is 11.8. The Labute approximate surface area is 228 Å². The maximum atomic E-state index is 14.1. The molecule has 9 heteroatoms. The normalized spacial score (nSPS) is 31.0. The van der Waals surface area contributed by atoms with Crippen LogP contribution in [0.2, 0.25) is 0 Å². The lowest BCUT2D eigenvalue weighted by atomic mass is 9.70. The lowest BCUT2D eigenvalue weighted by Gasteiger charge is -2.37. The van der Waals surface area contributed by atoms with E-state index in [-0.39, 0.29) is 35.1 Å². The van der Waals surface area contributed by atoms with Gasteiger partial charge in [0, 0.05) is 17.9 Å². The van der Waals surface area contributed by atoms with E-state index in [0.717, 1.165) is 24.8 Å². The minimum atomic E-state index is -1.11. The number of rotatable bonds is 12. The van der Waals surface area contributed by atoms with Gasteiger partial charge in [-0.1, -0.05) is 79.9 Å². The monoisotopic (exact) mass is 577 g/mol. The molecule has 3 aliphatic heterocycles. The van der Waals surface area contributed by atoms with Gasteiger partial charge in [-0.3, -0.25) is 14.4 Å². The highest BCUT2D eigenvalue weighted by atomic mass is 79.9. The van der Waals surface area contributed by atoms with Crippen LogP contribution in [0, 0.1) is 17.8 Å². The Bertz CT molecular complexity index is 976. The number of aliphatic hydroxyl groups excluding tert-OH is 1. The van der Waals surface area contributed by atoms with Crippen molar-refractivity contribution in [3.63, 3.8) is 0 Å². The van der Waals surface area contributed by atoms with Crippen LogP contribution in [-0.2, 0) is 25.7 Å². The van der Waals surface area contributed by atoms with E-state index in [0.29, 0.717) is 25.9 Å². The van der Waals surface area contributed by atoms with E-state index in [9.17, 15) is 19.5 Å². The summed E-state index contributed by atoms with van der Waals surface area (Å²) in [5.41, 5.74) is -0.143. The average molecular weight is 579 g/mol. The Kier molecular flexibility index (Phi) is 8.96. The summed E-state index contributed by atoms with van der Waals surface area (Å²) in [6.45, 7) is 6.77. The number of alkyl halides is 1. The van der Waals surface area contributed by atoms with Gasteiger partial charge >= 0.3 is 0 Å². The van der Waals surface area contributed by atoms with Gasteiger partial charge in [-0.15, -0.1) is 0 Å². The topological polar surface area (TPSA) is 108 Å². The third kappa shape index (κ3) is 5.32. The first-order valence-electron chi connectivity index (χ1n) is 13.6. The van der Waals surface area contributed by atoms with Crippen LogP contribution in [0.25, 0.3) is 0 Å². The van der Waals surface area contributed by atoms with Crippen LogP contribution in [0.15, 0.2) is 30.3 Å². The number of hydrogen-bond acceptors (Lipinski definition) is 5. The molecular weight excluding hydrogens is 538 g/mol. The van der Waals surface area contributed by atoms with Crippen molar-refractivity contribution in [3.8, 4) is 0 Å². The molecular formula is C28H40BrN3O5. The van der Waals surface area contributed by atoms with Crippen molar-refractivity contribution in [1.82, 2.24) is 15.5 Å². The Morgan fingerprint density at radius 1 is 1.19 bits per heavy atom. The van der Waals surface area contributed by atoms with Crippen LogP contribution >= 0.6 is 15.9 Å². The van der Waals surface area contributed by atoms with Gasteiger partial charge in [0.15, 0.2) is 0 Å². The van der Waals surface area contributed by atoms with Gasteiger partial charge in [0.1, 0.15) is 11.6 Å². The molecule has 0 radical (unpaired) electrons. The van der Waals surface area contributed by atoms with Gasteiger partial charge in [0.25, 0.3) is 0 Å². The SMILES string of the molecule is CCCCCNC(=O)C1N([C@@H](CO)CC(C)C)C(=O)[C@@H]2[C@H](C(=O)NCc3ccccc3)[C@H]3OC12CC3Br. The Morgan fingerprint density at radius 2 is 1.92 bits per heavy atom. The number of aliphatic hydroxyl groups is 1. The summed E-state index contributed by atoms with van der Waals surface area (Å²) < 4.78 is 6.53. The summed E-state index contributed by atoms with van der Waals surface area (Å²) in [7, 11) is 0. The third-order valence-electron chi connectivity index (χ3n) is 8.01. The molecule has 3 saturated heterocycles. The molecule has 0 aromatic heterocycles. The molecule has 2 bridgehead atoms. The average Bonchev–Trinajstić information content (AvgIpc) is 3.47. The summed E-state index contributed by atoms with van der Waals surface area (Å²) in [5, 5.41) is 16.3. The number of halogens is 1. The molecule has 1 aromatic rings. The molecule has 3 amide bonds. The molecule has 3 fully saturated rings. The number of nitrogens with zero attached hydrogens (tertiary/aromatic N) is 1. The van der Waals surface area contributed by atoms with Gasteiger partial charge in [-0.2, -0.15) is 0 Å². The molecule has 8 nitrogen and oxygen atoms in total. The lowest BCUT2D eigenvalue weighted by molar-refractivity contribution is -0.146. The van der Waals surface area contributed by atoms with E-state index in [2.05, 4.69) is 33.5 Å². The molecule has 1 aromatic carbocycles. The largest absolute Gasteiger partial charge is 0.394 e. The zero-order valence-corrected chi connectivity index (χ0v) is 23.6. The molecule has 3 aliphatic rings. The fourth-order valence-corrected chi connectivity index (χ4v) is 7.41. The second-order valence-electron chi connectivity index (χ2n) is 11.1. The summed E-state index contributed by atoms with van der Waals surface area (Å²) >= 11 is 3.70. The van der Waals surface area contributed by atoms with Crippen molar-refractivity contribution >= 4 is 33.7 Å². The first-order valence-corrected chi connectivity index (χ1v) is 14.5. The van der Waals surface area contributed by atoms with E-state index in [1.165, 1.54) is 0 Å². The van der Waals surface area contributed by atoms with Crippen molar-refractivity contribution in [2.75, 3.05) is 13.2 Å². The zero-order chi connectivity index (χ0) is 26.7. The minimum Gasteiger partial charge on any atom is -0.394 e. The van der Waals surface area contributed by atoms with E-state index in [1.807, 2.05) is 44.2 Å². The van der Waals surface area contributed by atoms with E-state index in [1.54, 1.807) is 4.90 Å². The quantitative estimate of drug-likeness (QED) is 0.261. The molecule has 3 N–H and O–H groups in total. The van der Waals surface area contributed by atoms with Crippen molar-refractivity contribution in [2.24, 2.45) is 17.8 Å². The van der Waals surface area contributed by atoms with Crippen LogP contribution in [0.4, 0.5) is 0 Å². The first kappa shape index (κ1) is 28.0. The number of hydrogen-bond donors (Lipinski definition) is 3. The fourth-order valence-electron chi connectivity index (χ4n) is 6.47. The summed E-state index contributed by atoms with van der Waals surface area (Å²) in [4.78, 5) is 42.8. The van der Waals surface area contributed by atoms with Crippen molar-refractivity contribution in [3.05, 3.63) is 35.9 Å². The highest BCUT2D eigenvalue weighted by Gasteiger charge is 2.77. The summed E-state index contributed by atoms with van der Waals surface area (Å²) in [5.74, 6) is -2.05. The van der Waals surface area contributed by atoms with Gasteiger partial charge in [0.05, 0.1) is 30.6 Å². The zero-order valence-electron chi connectivity index (χ0n) is 22.0. The Hall–Kier alpha value is -1.97. The number of unbranched alkanes of at least 4 members (excludes halogenated alkanes) is 2. The number of nitrogens with one attached hydrogen (secondary N) is 2. The summed E-state index contributed by atoms with van der Waals surface area (Å²) in [6, 6.07) is 8.21. The van der Waals surface area contributed by atoms with Crippen LogP contribution in [0.5, 0.6) is 0 Å². The predicted octanol–water partition coefficient (Wildman–Crippen LogP) is 2.76. The van der Waals surface area contributed by atoms with Gasteiger partial charge in [-0.05, 0) is 30.7 Å². The van der Waals surface area contributed by atoms with Gasteiger partial charge in [-0.25, -0.2) is 0 Å². The Balaban J connectivity index is 1.64. The molecule has 4 rings (SSSR count). The van der Waals surface area contributed by atoms with Crippen LogP contribution in [0.1, 0.15) is 58.4 Å². The fraction of sp³-hybridized carbons (Fsp3) is 0.679. The number of ether oxygens (including phenoxy) is 1. The first-order chi connectivity index (χ1) is 17.7. The molecule has 0 saturated carbocycles. The highest BCUT2D eigenvalue weighted by molar-refractivity contribution is 9.09. The molecule has 37 heavy (non-hydrogen) atoms. The molecule has 204 valence electrons. The number of carbonyl (C=O) groups is 3. The van der Waals surface area contributed by atoms with Crippen molar-refractivity contribution < 1.29 is 24.2 Å². The van der Waals surface area contributed by atoms with Crippen LogP contribution in [0.3, 0.4) is 0 Å². The molecule has 3 heterocycles. The lowest BCUT2D eigenvalue weighted by Crippen LogP contribution is -2.58. The van der Waals surface area contributed by atoms with E-state index in [4.69, 9.17) is 4.74 Å². The maximum Gasteiger partial charge on any atom is 0.245 e. The summed E-state index contributed by atoms with van der Waals surface area (Å²) in [6.07, 6.45) is 3.40. The van der Waals surface area contributed by atoms with E-state index < -0.39 is 35.6 Å². The molecule has 7 atom stereocenters. The number of benzene rings is 1. The van der Waals surface area contributed by atoms with Crippen molar-refractivity contribution in [1.29, 1.82) is 0 Å². The highest BCUT2D eigenvalue weighted by Crippen LogP contribution is 2.60. The molecule has 3 unspecified atom stereocenters. The predicted molar refractivity (Wildman–Crippen MR) is 144 cm³/mol. The van der Waals surface area contributed by atoms with Crippen LogP contribution < -0.4 is 10.6 Å². The number of fused-ring (bicyclic) bond motifs is 1. The van der Waals surface area contributed by atoms with Gasteiger partial charge < -0.3 is 25.4 Å². The second-order valence-corrected chi connectivity index (χ2v) is 12.3. The van der Waals surface area contributed by atoms with Crippen molar-refractivity contribution in [2.45, 2.75) is 88.0 Å². The Morgan fingerprint density at radius 3 is 2.57 bits per heavy atom. The van der Waals surface area contributed by atoms with Gasteiger partial charge in [0.2, 0.25) is 17.7 Å². The van der Waals surface area contributed by atoms with E-state index >= 15 is 0 Å². The number of amides is 3. The third-order valence-corrected chi connectivity index (χ3v) is 8.86. The minimum absolute atomic E-state index is 0.156. The standard InChI is InChI=1S/C28H40BrN3O5/c1-4-5-9-12-30-26(35)24-28-14-20(29)23(37-28)21(25(34)31-15-18-10-7-6-8-11-18)22(28)27(36)32(24)19(16-33)13-17(2)3/h6-8,10-11,17,19-24,33H,4-5,9,12-16H2,1-3H3,(H,30,35)(H,31,34)/t19-,20?,21+,22+,23+,24?,28?/m1/s1. The smallest absolute Gasteiger partial charge is 0.245 e. The number of likely N-dealkylation sites (tertiary alicyclic amines) is 1. The molecule has 0 aliphatic carbocycles.